The van der Waals surface area contributed by atoms with Crippen LogP contribution in [0.2, 0.25) is 0 Å². The number of carbonyl (C=O) groups is 1. The fourth-order valence-electron chi connectivity index (χ4n) is 2.80. The fraction of sp³-hybridized carbons (Fsp3) is 0.600. The van der Waals surface area contributed by atoms with Gasteiger partial charge in [0, 0.05) is 23.8 Å². The number of nitrogens with one attached hydrogen (secondary N) is 1. The van der Waals surface area contributed by atoms with Crippen LogP contribution in [0.1, 0.15) is 41.7 Å². The Morgan fingerprint density at radius 1 is 1.42 bits per heavy atom. The number of rotatable bonds is 4. The van der Waals surface area contributed by atoms with Crippen LogP contribution in [0.3, 0.4) is 0 Å². The molecule has 0 radical (unpaired) electrons. The van der Waals surface area contributed by atoms with Crippen molar-refractivity contribution >= 4 is 21.8 Å². The molecule has 4 heteroatoms. The van der Waals surface area contributed by atoms with Crippen LogP contribution in [0.5, 0.6) is 0 Å². The molecule has 1 aromatic heterocycles. The maximum atomic E-state index is 12.1. The zero-order valence-corrected chi connectivity index (χ0v) is 12.9. The van der Waals surface area contributed by atoms with E-state index in [1.54, 1.807) is 6.20 Å². The minimum absolute atomic E-state index is 0.00416. The summed E-state index contributed by atoms with van der Waals surface area (Å²) in [6.07, 6.45) is 6.83. The third kappa shape index (κ3) is 3.78. The molecule has 1 fully saturated rings. The molecule has 3 nitrogen and oxygen atoms in total. The third-order valence-corrected chi connectivity index (χ3v) is 4.87. The van der Waals surface area contributed by atoms with E-state index < -0.39 is 0 Å². The van der Waals surface area contributed by atoms with Gasteiger partial charge in [-0.1, -0.05) is 28.8 Å². The highest BCUT2D eigenvalue weighted by molar-refractivity contribution is 9.09. The lowest BCUT2D eigenvalue weighted by Gasteiger charge is -2.30. The number of halogens is 1. The molecule has 2 atom stereocenters. The van der Waals surface area contributed by atoms with Gasteiger partial charge in [-0.15, -0.1) is 0 Å². The smallest absolute Gasteiger partial charge is 0.253 e. The first-order valence-electron chi connectivity index (χ1n) is 6.98. The normalized spacial score (nSPS) is 23.1. The Labute approximate surface area is 123 Å². The number of nitrogens with zero attached hydrogens (tertiary/aromatic N) is 1. The summed E-state index contributed by atoms with van der Waals surface area (Å²) in [7, 11) is 0. The highest BCUT2D eigenvalue weighted by atomic mass is 79.9. The molecule has 104 valence electrons. The lowest BCUT2D eigenvalue weighted by molar-refractivity contribution is 0.0936. The Kier molecular flexibility index (Phi) is 5.37. The second-order valence-corrected chi connectivity index (χ2v) is 5.95. The largest absolute Gasteiger partial charge is 0.352 e. The van der Waals surface area contributed by atoms with Crippen LogP contribution >= 0.6 is 15.9 Å². The number of hydrogen-bond donors (Lipinski definition) is 1. The first kappa shape index (κ1) is 14.5. The van der Waals surface area contributed by atoms with Crippen LogP contribution in [0, 0.1) is 18.8 Å². The Balaban J connectivity index is 1.91. The van der Waals surface area contributed by atoms with E-state index in [2.05, 4.69) is 26.2 Å². The maximum Gasteiger partial charge on any atom is 0.253 e. The van der Waals surface area contributed by atoms with Gasteiger partial charge in [0.25, 0.3) is 5.91 Å². The van der Waals surface area contributed by atoms with Crippen molar-refractivity contribution in [3.8, 4) is 0 Å². The number of aryl methyl sites for hydroxylation is 1. The molecule has 0 aromatic carbocycles. The predicted octanol–water partition coefficient (Wildman–Crippen LogP) is 3.32. The summed E-state index contributed by atoms with van der Waals surface area (Å²) in [5.74, 6) is 1.31. The van der Waals surface area contributed by atoms with E-state index >= 15 is 0 Å². The van der Waals surface area contributed by atoms with Crippen molar-refractivity contribution in [2.24, 2.45) is 11.8 Å². The number of carbonyl (C=O) groups excluding carboxylic acids is 1. The van der Waals surface area contributed by atoms with Crippen LogP contribution < -0.4 is 5.32 Å². The van der Waals surface area contributed by atoms with E-state index in [1.165, 1.54) is 25.7 Å². The average molecular weight is 325 g/mol. The second kappa shape index (κ2) is 7.04. The number of hydrogen-bond acceptors (Lipinski definition) is 2. The van der Waals surface area contributed by atoms with Gasteiger partial charge in [-0.3, -0.25) is 9.78 Å². The van der Waals surface area contributed by atoms with Crippen molar-refractivity contribution in [1.29, 1.82) is 0 Å². The Bertz CT molecular complexity index is 436. The average Bonchev–Trinajstić information content (AvgIpc) is 2.45. The van der Waals surface area contributed by atoms with Crippen molar-refractivity contribution in [2.75, 3.05) is 11.9 Å². The van der Waals surface area contributed by atoms with Gasteiger partial charge in [-0.25, -0.2) is 0 Å². The summed E-state index contributed by atoms with van der Waals surface area (Å²) in [5.41, 5.74) is 1.48. The second-order valence-electron chi connectivity index (χ2n) is 5.31. The summed E-state index contributed by atoms with van der Waals surface area (Å²) in [6.45, 7) is 2.65. The number of amides is 1. The number of aromatic nitrogens is 1. The van der Waals surface area contributed by atoms with Gasteiger partial charge >= 0.3 is 0 Å². The molecule has 1 aliphatic carbocycles. The zero-order chi connectivity index (χ0) is 13.7. The molecule has 1 N–H and O–H groups in total. The Morgan fingerprint density at radius 3 is 2.84 bits per heavy atom. The zero-order valence-electron chi connectivity index (χ0n) is 11.4. The van der Waals surface area contributed by atoms with Crippen molar-refractivity contribution in [1.82, 2.24) is 10.3 Å². The van der Waals surface area contributed by atoms with Gasteiger partial charge in [0.1, 0.15) is 0 Å². The molecule has 1 aromatic rings. The first-order valence-corrected chi connectivity index (χ1v) is 8.10. The van der Waals surface area contributed by atoms with Crippen LogP contribution in [0.4, 0.5) is 0 Å². The fourth-order valence-corrected chi connectivity index (χ4v) is 3.65. The standard InChI is InChI=1S/C15H21BrN2O/c1-11-14(7-4-8-17-11)15(19)18-10-13-6-3-2-5-12(13)9-16/h4,7-8,12-13H,2-3,5-6,9-10H2,1H3,(H,18,19). The van der Waals surface area contributed by atoms with E-state index in [0.717, 1.165) is 17.6 Å². The van der Waals surface area contributed by atoms with Crippen molar-refractivity contribution in [3.63, 3.8) is 0 Å². The summed E-state index contributed by atoms with van der Waals surface area (Å²) in [4.78, 5) is 16.3. The lowest BCUT2D eigenvalue weighted by Crippen LogP contribution is -2.35. The molecule has 0 bridgehead atoms. The third-order valence-electron chi connectivity index (χ3n) is 4.04. The monoisotopic (exact) mass is 324 g/mol. The molecule has 2 rings (SSSR count). The quantitative estimate of drug-likeness (QED) is 0.863. The van der Waals surface area contributed by atoms with Gasteiger partial charge in [0.05, 0.1) is 5.56 Å². The predicted molar refractivity (Wildman–Crippen MR) is 80.5 cm³/mol. The Morgan fingerprint density at radius 2 is 2.16 bits per heavy atom. The van der Waals surface area contributed by atoms with Gasteiger partial charge in [0.15, 0.2) is 0 Å². The van der Waals surface area contributed by atoms with Gasteiger partial charge < -0.3 is 5.32 Å². The topological polar surface area (TPSA) is 42.0 Å². The summed E-state index contributed by atoms with van der Waals surface area (Å²) in [5, 5.41) is 4.12. The van der Waals surface area contributed by atoms with E-state index in [-0.39, 0.29) is 5.91 Å². The SMILES string of the molecule is Cc1ncccc1C(=O)NCC1CCCCC1CBr. The van der Waals surface area contributed by atoms with Gasteiger partial charge in [0.2, 0.25) is 0 Å². The van der Waals surface area contributed by atoms with E-state index in [4.69, 9.17) is 0 Å². The van der Waals surface area contributed by atoms with Gasteiger partial charge in [-0.2, -0.15) is 0 Å². The molecular weight excluding hydrogens is 304 g/mol. The molecule has 1 heterocycles. The molecular formula is C15H21BrN2O. The number of pyridine rings is 1. The molecule has 0 aliphatic heterocycles. The van der Waals surface area contributed by atoms with Crippen molar-refractivity contribution in [2.45, 2.75) is 32.6 Å². The number of alkyl halides is 1. The summed E-state index contributed by atoms with van der Waals surface area (Å²) in [6, 6.07) is 3.64. The highest BCUT2D eigenvalue weighted by Gasteiger charge is 2.24. The van der Waals surface area contributed by atoms with Crippen LogP contribution in [-0.2, 0) is 0 Å². The lowest BCUT2D eigenvalue weighted by atomic mass is 9.80. The van der Waals surface area contributed by atoms with Crippen molar-refractivity contribution < 1.29 is 4.79 Å². The van der Waals surface area contributed by atoms with E-state index in [0.29, 0.717) is 17.4 Å². The molecule has 2 unspecified atom stereocenters. The molecule has 19 heavy (non-hydrogen) atoms. The van der Waals surface area contributed by atoms with Gasteiger partial charge in [-0.05, 0) is 43.7 Å². The molecule has 1 saturated carbocycles. The van der Waals surface area contributed by atoms with E-state index in [1.807, 2.05) is 19.1 Å². The molecule has 0 spiro atoms. The minimum Gasteiger partial charge on any atom is -0.352 e. The minimum atomic E-state index is 0.00416. The molecule has 1 aliphatic rings. The van der Waals surface area contributed by atoms with Crippen LogP contribution in [-0.4, -0.2) is 22.8 Å². The van der Waals surface area contributed by atoms with Crippen LogP contribution in [0.25, 0.3) is 0 Å². The Hall–Kier alpha value is -0.900. The molecule has 0 saturated heterocycles. The summed E-state index contributed by atoms with van der Waals surface area (Å²) >= 11 is 3.59. The maximum absolute atomic E-state index is 12.1. The summed E-state index contributed by atoms with van der Waals surface area (Å²) < 4.78 is 0. The van der Waals surface area contributed by atoms with E-state index in [9.17, 15) is 4.79 Å². The first-order chi connectivity index (χ1) is 9.22. The van der Waals surface area contributed by atoms with Crippen molar-refractivity contribution in [3.05, 3.63) is 29.6 Å². The molecule has 1 amide bonds. The highest BCUT2D eigenvalue weighted by Crippen LogP contribution is 2.30. The van der Waals surface area contributed by atoms with Crippen LogP contribution in [0.15, 0.2) is 18.3 Å².